The first-order chi connectivity index (χ1) is 4.79. The van der Waals surface area contributed by atoms with E-state index in [1.54, 1.807) is 12.4 Å². The van der Waals surface area contributed by atoms with Crippen LogP contribution in [0.15, 0.2) is 9.98 Å². The van der Waals surface area contributed by atoms with Gasteiger partial charge in [0.15, 0.2) is 0 Å². The Morgan fingerprint density at radius 1 is 1.60 bits per heavy atom. The van der Waals surface area contributed by atoms with Gasteiger partial charge in [0, 0.05) is 18.9 Å². The monoisotopic (exact) mass is 139 g/mol. The molecule has 0 saturated carbocycles. The first-order valence-corrected chi connectivity index (χ1v) is 3.10. The minimum atomic E-state index is -0.360. The van der Waals surface area contributed by atoms with Gasteiger partial charge in [-0.2, -0.15) is 0 Å². The fraction of sp³-hybridized carbons (Fsp3) is 0.500. The average Bonchev–Trinajstić information content (AvgIpc) is 1.88. The number of primary amides is 1. The minimum absolute atomic E-state index is 0.215. The maximum absolute atomic E-state index is 10.3. The van der Waals surface area contributed by atoms with Crippen LogP contribution in [-0.4, -0.2) is 24.5 Å². The van der Waals surface area contributed by atoms with Crippen LogP contribution in [0.25, 0.3) is 0 Å². The number of rotatable bonds is 2. The van der Waals surface area contributed by atoms with Gasteiger partial charge < -0.3 is 5.73 Å². The second-order valence-electron chi connectivity index (χ2n) is 2.05. The van der Waals surface area contributed by atoms with Gasteiger partial charge in [-0.3, -0.25) is 14.8 Å². The topological polar surface area (TPSA) is 67.8 Å². The lowest BCUT2D eigenvalue weighted by atomic mass is 10.3. The number of hydrogen-bond donors (Lipinski definition) is 1. The molecule has 54 valence electrons. The Balaban J connectivity index is 2.40. The lowest BCUT2D eigenvalue weighted by molar-refractivity contribution is -0.118. The Hall–Kier alpha value is -1.19. The quantitative estimate of drug-likeness (QED) is 0.562. The molecule has 1 amide bonds. The largest absolute Gasteiger partial charge is 0.370 e. The molecule has 0 spiro atoms. The summed E-state index contributed by atoms with van der Waals surface area (Å²) < 4.78 is 0. The standard InChI is InChI=1S/C6H9N3O/c7-5(10)4-6-8-2-1-3-9-6/h2-3,6H,1,4H2,(H2,7,10). The molecule has 1 rings (SSSR count). The normalized spacial score (nSPS) is 17.6. The smallest absolute Gasteiger partial charge is 0.221 e. The molecule has 0 aliphatic carbocycles. The highest BCUT2D eigenvalue weighted by atomic mass is 16.1. The van der Waals surface area contributed by atoms with Crippen molar-refractivity contribution >= 4 is 18.3 Å². The maximum Gasteiger partial charge on any atom is 0.221 e. The van der Waals surface area contributed by atoms with Crippen LogP contribution in [0.2, 0.25) is 0 Å². The molecule has 0 aromatic rings. The summed E-state index contributed by atoms with van der Waals surface area (Å²) in [6.07, 6.45) is 4.19. The number of nitrogens with zero attached hydrogens (tertiary/aromatic N) is 2. The molecule has 1 aliphatic rings. The molecule has 0 bridgehead atoms. The van der Waals surface area contributed by atoms with Crippen molar-refractivity contribution in [2.45, 2.75) is 19.0 Å². The van der Waals surface area contributed by atoms with E-state index in [1.807, 2.05) is 0 Å². The number of carbonyl (C=O) groups excluding carboxylic acids is 1. The van der Waals surface area contributed by atoms with Gasteiger partial charge in [-0.25, -0.2) is 0 Å². The predicted molar refractivity (Wildman–Crippen MR) is 39.2 cm³/mol. The first-order valence-electron chi connectivity index (χ1n) is 3.10. The Morgan fingerprint density at radius 3 is 2.70 bits per heavy atom. The van der Waals surface area contributed by atoms with Crippen molar-refractivity contribution in [3.63, 3.8) is 0 Å². The molecule has 4 heteroatoms. The highest BCUT2D eigenvalue weighted by Crippen LogP contribution is 2.01. The third-order valence-electron chi connectivity index (χ3n) is 1.15. The zero-order valence-corrected chi connectivity index (χ0v) is 5.53. The minimum Gasteiger partial charge on any atom is -0.370 e. The Kier molecular flexibility index (Phi) is 2.15. The molecule has 0 saturated heterocycles. The molecular weight excluding hydrogens is 130 g/mol. The van der Waals surface area contributed by atoms with Crippen molar-refractivity contribution in [2.24, 2.45) is 15.7 Å². The van der Waals surface area contributed by atoms with Crippen LogP contribution in [0, 0.1) is 0 Å². The fourth-order valence-electron chi connectivity index (χ4n) is 0.736. The van der Waals surface area contributed by atoms with Crippen LogP contribution in [0.5, 0.6) is 0 Å². The molecule has 1 aliphatic heterocycles. The molecule has 1 heterocycles. The van der Waals surface area contributed by atoms with Gasteiger partial charge in [-0.1, -0.05) is 0 Å². The average molecular weight is 139 g/mol. The Labute approximate surface area is 58.9 Å². The second kappa shape index (κ2) is 3.10. The fourth-order valence-corrected chi connectivity index (χ4v) is 0.736. The first kappa shape index (κ1) is 6.92. The van der Waals surface area contributed by atoms with Gasteiger partial charge in [0.25, 0.3) is 0 Å². The lowest BCUT2D eigenvalue weighted by Crippen LogP contribution is -2.18. The number of amides is 1. The Morgan fingerprint density at radius 2 is 2.20 bits per heavy atom. The maximum atomic E-state index is 10.3. The molecular formula is C6H9N3O. The molecule has 0 aromatic carbocycles. The molecule has 2 N–H and O–H groups in total. The van der Waals surface area contributed by atoms with Crippen LogP contribution in [-0.2, 0) is 4.79 Å². The van der Waals surface area contributed by atoms with Crippen LogP contribution < -0.4 is 5.73 Å². The Bertz CT molecular complexity index is 173. The van der Waals surface area contributed by atoms with Gasteiger partial charge in [0.1, 0.15) is 6.17 Å². The van der Waals surface area contributed by atoms with E-state index < -0.39 is 0 Å². The summed E-state index contributed by atoms with van der Waals surface area (Å²) in [6.45, 7) is 0. The van der Waals surface area contributed by atoms with Crippen molar-refractivity contribution in [1.82, 2.24) is 0 Å². The highest BCUT2D eigenvalue weighted by molar-refractivity contribution is 5.82. The van der Waals surface area contributed by atoms with E-state index in [2.05, 4.69) is 9.98 Å². The van der Waals surface area contributed by atoms with Crippen molar-refractivity contribution < 1.29 is 4.79 Å². The molecule has 10 heavy (non-hydrogen) atoms. The van der Waals surface area contributed by atoms with Gasteiger partial charge >= 0.3 is 0 Å². The van der Waals surface area contributed by atoms with E-state index in [-0.39, 0.29) is 18.5 Å². The van der Waals surface area contributed by atoms with Crippen LogP contribution in [0.3, 0.4) is 0 Å². The summed E-state index contributed by atoms with van der Waals surface area (Å²) in [7, 11) is 0. The van der Waals surface area contributed by atoms with Gasteiger partial charge in [-0.15, -0.1) is 0 Å². The van der Waals surface area contributed by atoms with Gasteiger partial charge in [0.05, 0.1) is 6.42 Å². The van der Waals surface area contributed by atoms with E-state index in [0.29, 0.717) is 0 Å². The lowest BCUT2D eigenvalue weighted by Gasteiger charge is -2.06. The molecule has 0 aromatic heterocycles. The summed E-state index contributed by atoms with van der Waals surface area (Å²) in [5.74, 6) is -0.360. The second-order valence-corrected chi connectivity index (χ2v) is 2.05. The van der Waals surface area contributed by atoms with E-state index in [9.17, 15) is 4.79 Å². The van der Waals surface area contributed by atoms with E-state index in [0.717, 1.165) is 6.42 Å². The van der Waals surface area contributed by atoms with Gasteiger partial charge in [-0.05, 0) is 0 Å². The molecule has 0 unspecified atom stereocenters. The molecule has 0 radical (unpaired) electrons. The predicted octanol–water partition coefficient (Wildman–Crippen LogP) is -0.267. The summed E-state index contributed by atoms with van der Waals surface area (Å²) >= 11 is 0. The van der Waals surface area contributed by atoms with Crippen molar-refractivity contribution in [3.8, 4) is 0 Å². The van der Waals surface area contributed by atoms with Gasteiger partial charge in [0.2, 0.25) is 5.91 Å². The van der Waals surface area contributed by atoms with Crippen LogP contribution in [0.1, 0.15) is 12.8 Å². The van der Waals surface area contributed by atoms with Crippen molar-refractivity contribution in [2.75, 3.05) is 0 Å². The SMILES string of the molecule is NC(=O)CC1N=CCC=N1. The number of nitrogens with two attached hydrogens (primary N) is 1. The molecule has 0 fully saturated rings. The van der Waals surface area contributed by atoms with Crippen LogP contribution >= 0.6 is 0 Å². The van der Waals surface area contributed by atoms with E-state index >= 15 is 0 Å². The highest BCUT2D eigenvalue weighted by Gasteiger charge is 2.07. The summed E-state index contributed by atoms with van der Waals surface area (Å²) in [6, 6.07) is 0. The number of aliphatic imine (C=N–C) groups is 2. The third-order valence-corrected chi connectivity index (χ3v) is 1.15. The number of hydrogen-bond acceptors (Lipinski definition) is 3. The summed E-state index contributed by atoms with van der Waals surface area (Å²) in [4.78, 5) is 18.2. The summed E-state index contributed by atoms with van der Waals surface area (Å²) in [5, 5.41) is 0. The summed E-state index contributed by atoms with van der Waals surface area (Å²) in [5.41, 5.74) is 4.94. The van der Waals surface area contributed by atoms with Crippen molar-refractivity contribution in [3.05, 3.63) is 0 Å². The molecule has 4 nitrogen and oxygen atoms in total. The zero-order chi connectivity index (χ0) is 7.40. The van der Waals surface area contributed by atoms with E-state index in [4.69, 9.17) is 5.73 Å². The number of carbonyl (C=O) groups is 1. The zero-order valence-electron chi connectivity index (χ0n) is 5.53. The molecule has 0 atom stereocenters. The van der Waals surface area contributed by atoms with Crippen LogP contribution in [0.4, 0.5) is 0 Å². The van der Waals surface area contributed by atoms with E-state index in [1.165, 1.54) is 0 Å². The van der Waals surface area contributed by atoms with Crippen molar-refractivity contribution in [1.29, 1.82) is 0 Å². The third kappa shape index (κ3) is 1.97.